The number of pyridine rings is 1. The first-order chi connectivity index (χ1) is 17.8. The van der Waals surface area contributed by atoms with Gasteiger partial charge in [-0.1, -0.05) is 32.1 Å². The van der Waals surface area contributed by atoms with E-state index in [1.54, 1.807) is 42.6 Å². The van der Waals surface area contributed by atoms with Gasteiger partial charge in [0.15, 0.2) is 11.6 Å². The summed E-state index contributed by atoms with van der Waals surface area (Å²) < 4.78 is 29.4. The number of carbonyl (C=O) groups excluding carboxylic acids is 1. The molecule has 0 aliphatic heterocycles. The van der Waals surface area contributed by atoms with Crippen molar-refractivity contribution >= 4 is 16.7 Å². The van der Waals surface area contributed by atoms with Gasteiger partial charge in [0.2, 0.25) is 5.70 Å². The van der Waals surface area contributed by atoms with Gasteiger partial charge in [-0.25, -0.2) is 23.6 Å². The number of allylic oxidation sites excluding steroid dienone is 2. The molecule has 0 saturated heterocycles. The fraction of sp³-hybridized carbons (Fsp3) is 0.233. The fourth-order valence-corrected chi connectivity index (χ4v) is 6.05. The summed E-state index contributed by atoms with van der Waals surface area (Å²) in [5, 5.41) is 0.545. The first kappa shape index (κ1) is 23.1. The number of Topliss-reactive ketones (excluding diaryl/α,β-unsaturated/α-hetero) is 1. The SMILES string of the molecule is [C-]#[N+]C1=C[C@@]2(C)c3nc(-c4ccnc5ccc(F)cc45)nc(-c4ccccc4F)c3CC[C@@H]2[C@@H](C)C1=O. The van der Waals surface area contributed by atoms with Crippen LogP contribution in [0.4, 0.5) is 8.78 Å². The number of carbonyl (C=O) groups is 1. The average Bonchev–Trinajstić information content (AvgIpc) is 2.90. The molecule has 3 atom stereocenters. The second-order valence-electron chi connectivity index (χ2n) is 9.94. The van der Waals surface area contributed by atoms with Crippen LogP contribution < -0.4 is 0 Å². The van der Waals surface area contributed by atoms with Crippen molar-refractivity contribution in [3.8, 4) is 22.6 Å². The van der Waals surface area contributed by atoms with E-state index in [-0.39, 0.29) is 23.3 Å². The molecule has 37 heavy (non-hydrogen) atoms. The Morgan fingerprint density at radius 1 is 1.08 bits per heavy atom. The van der Waals surface area contributed by atoms with Crippen LogP contribution in [0, 0.1) is 30.0 Å². The highest BCUT2D eigenvalue weighted by molar-refractivity contribution is 6.00. The van der Waals surface area contributed by atoms with E-state index in [2.05, 4.69) is 9.83 Å². The summed E-state index contributed by atoms with van der Waals surface area (Å²) in [6.45, 7) is 11.5. The highest BCUT2D eigenvalue weighted by Crippen LogP contribution is 2.51. The molecule has 0 amide bonds. The molecule has 182 valence electrons. The minimum atomic E-state index is -0.730. The van der Waals surface area contributed by atoms with Gasteiger partial charge in [0, 0.05) is 39.6 Å². The van der Waals surface area contributed by atoms with Gasteiger partial charge in [0.25, 0.3) is 0 Å². The zero-order valence-electron chi connectivity index (χ0n) is 20.3. The summed E-state index contributed by atoms with van der Waals surface area (Å²) in [4.78, 5) is 30.6. The second-order valence-corrected chi connectivity index (χ2v) is 9.94. The molecule has 2 heterocycles. The first-order valence-corrected chi connectivity index (χ1v) is 12.2. The van der Waals surface area contributed by atoms with Crippen molar-refractivity contribution in [2.24, 2.45) is 11.8 Å². The Kier molecular flexibility index (Phi) is 5.23. The minimum absolute atomic E-state index is 0.0687. The van der Waals surface area contributed by atoms with Crippen molar-refractivity contribution in [3.63, 3.8) is 0 Å². The minimum Gasteiger partial charge on any atom is -0.308 e. The van der Waals surface area contributed by atoms with E-state index in [1.807, 2.05) is 13.8 Å². The third-order valence-electron chi connectivity index (χ3n) is 7.89. The van der Waals surface area contributed by atoms with Gasteiger partial charge < -0.3 is 4.79 Å². The standard InChI is InChI=1S/C30H22F2N4O/c1-16-22-10-9-20-26(19-6-4-5-7-23(19)32)35-29(18-12-13-34-24-11-8-17(31)14-21(18)24)36-28(20)30(22,2)15-25(33-3)27(16)37/h4-8,11-16,22H,9-10H2,1-2H3/t16-,22-,30-/m1/s1. The van der Waals surface area contributed by atoms with Gasteiger partial charge in [-0.3, -0.25) is 4.98 Å². The number of hydrogen-bond acceptors (Lipinski definition) is 4. The average molecular weight is 493 g/mol. The molecule has 2 aromatic carbocycles. The monoisotopic (exact) mass is 492 g/mol. The lowest BCUT2D eigenvalue weighted by molar-refractivity contribution is -0.121. The number of fused-ring (bicyclic) bond motifs is 4. The van der Waals surface area contributed by atoms with Crippen LogP contribution in [-0.2, 0) is 16.6 Å². The summed E-state index contributed by atoms with van der Waals surface area (Å²) >= 11 is 0. The number of ketones is 1. The van der Waals surface area contributed by atoms with Crippen LogP contribution >= 0.6 is 0 Å². The van der Waals surface area contributed by atoms with Crippen LogP contribution in [-0.4, -0.2) is 20.7 Å². The number of aromatic nitrogens is 3. The number of halogens is 2. The van der Waals surface area contributed by atoms with Crippen molar-refractivity contribution in [2.75, 3.05) is 0 Å². The molecular formula is C30H22F2N4O. The van der Waals surface area contributed by atoms with Gasteiger partial charge in [0.05, 0.1) is 23.5 Å². The molecule has 0 saturated carbocycles. The molecule has 0 spiro atoms. The molecule has 2 aliphatic rings. The zero-order chi connectivity index (χ0) is 25.9. The lowest BCUT2D eigenvalue weighted by Crippen LogP contribution is -2.46. The van der Waals surface area contributed by atoms with Crippen LogP contribution in [0.1, 0.15) is 31.5 Å². The summed E-state index contributed by atoms with van der Waals surface area (Å²) in [6, 6.07) is 12.5. The third kappa shape index (κ3) is 3.47. The van der Waals surface area contributed by atoms with Gasteiger partial charge >= 0.3 is 0 Å². The number of benzene rings is 2. The summed E-state index contributed by atoms with van der Waals surface area (Å²) in [5.74, 6) is -1.07. The molecule has 0 unspecified atom stereocenters. The molecule has 0 radical (unpaired) electrons. The zero-order valence-corrected chi connectivity index (χ0v) is 20.3. The van der Waals surface area contributed by atoms with Crippen LogP contribution in [0.15, 0.2) is 66.5 Å². The predicted molar refractivity (Wildman–Crippen MR) is 136 cm³/mol. The first-order valence-electron chi connectivity index (χ1n) is 12.2. The largest absolute Gasteiger partial charge is 0.308 e. The van der Waals surface area contributed by atoms with Crippen molar-refractivity contribution in [1.82, 2.24) is 15.0 Å². The molecular weight excluding hydrogens is 470 g/mol. The van der Waals surface area contributed by atoms with Crippen molar-refractivity contribution in [2.45, 2.75) is 32.1 Å². The fourth-order valence-electron chi connectivity index (χ4n) is 6.05. The molecule has 0 bridgehead atoms. The van der Waals surface area contributed by atoms with Gasteiger partial charge in [-0.15, -0.1) is 0 Å². The van der Waals surface area contributed by atoms with E-state index in [4.69, 9.17) is 16.5 Å². The maximum absolute atomic E-state index is 15.1. The van der Waals surface area contributed by atoms with Gasteiger partial charge in [-0.2, -0.15) is 0 Å². The van der Waals surface area contributed by atoms with E-state index in [9.17, 15) is 9.18 Å². The van der Waals surface area contributed by atoms with Crippen LogP contribution in [0.3, 0.4) is 0 Å². The van der Waals surface area contributed by atoms with Gasteiger partial charge in [0.1, 0.15) is 11.6 Å². The normalized spacial score (nSPS) is 22.7. The Balaban J connectivity index is 1.70. The molecule has 0 fully saturated rings. The molecule has 2 aromatic heterocycles. The van der Waals surface area contributed by atoms with Crippen molar-refractivity contribution in [1.29, 1.82) is 0 Å². The molecule has 7 heteroatoms. The Morgan fingerprint density at radius 3 is 2.68 bits per heavy atom. The van der Waals surface area contributed by atoms with E-state index < -0.39 is 17.0 Å². The van der Waals surface area contributed by atoms with Crippen molar-refractivity contribution in [3.05, 3.63) is 101 Å². The van der Waals surface area contributed by atoms with E-state index in [0.717, 1.165) is 5.56 Å². The Hall–Kier alpha value is -4.31. The van der Waals surface area contributed by atoms with Gasteiger partial charge in [-0.05, 0) is 55.2 Å². The number of hydrogen-bond donors (Lipinski definition) is 0. The Morgan fingerprint density at radius 2 is 1.89 bits per heavy atom. The van der Waals surface area contributed by atoms with Crippen molar-refractivity contribution < 1.29 is 13.6 Å². The maximum Gasteiger partial charge on any atom is 0.226 e. The topological polar surface area (TPSA) is 60.1 Å². The smallest absolute Gasteiger partial charge is 0.226 e. The van der Waals surface area contributed by atoms with E-state index in [1.165, 1.54) is 18.2 Å². The Bertz CT molecular complexity index is 1690. The molecule has 0 N–H and O–H groups in total. The molecule has 4 aromatic rings. The second kappa shape index (κ2) is 8.38. The number of rotatable bonds is 2. The van der Waals surface area contributed by atoms with E-state index in [0.29, 0.717) is 52.1 Å². The molecule has 2 aliphatic carbocycles. The highest BCUT2D eigenvalue weighted by Gasteiger charge is 2.49. The Labute approximate surface area is 212 Å². The summed E-state index contributed by atoms with van der Waals surface area (Å²) in [7, 11) is 0. The summed E-state index contributed by atoms with van der Waals surface area (Å²) in [5.41, 5.74) is 2.84. The van der Waals surface area contributed by atoms with E-state index >= 15 is 4.39 Å². The van der Waals surface area contributed by atoms with Crippen LogP contribution in [0.2, 0.25) is 0 Å². The quantitative estimate of drug-likeness (QED) is 0.301. The molecule has 5 nitrogen and oxygen atoms in total. The predicted octanol–water partition coefficient (Wildman–Crippen LogP) is 6.48. The van der Waals surface area contributed by atoms with Crippen LogP contribution in [0.25, 0.3) is 38.4 Å². The maximum atomic E-state index is 15.1. The molecule has 6 rings (SSSR count). The number of nitrogens with zero attached hydrogens (tertiary/aromatic N) is 4. The third-order valence-corrected chi connectivity index (χ3v) is 7.89. The lowest BCUT2D eigenvalue weighted by Gasteiger charge is -2.46. The lowest BCUT2D eigenvalue weighted by atomic mass is 9.58. The van der Waals surface area contributed by atoms with Crippen LogP contribution in [0.5, 0.6) is 0 Å². The highest BCUT2D eigenvalue weighted by atomic mass is 19.1. The summed E-state index contributed by atoms with van der Waals surface area (Å²) in [6.07, 6.45) is 4.61.